The number of carbonyl (C=O) groups excluding carboxylic acids is 1. The van der Waals surface area contributed by atoms with Crippen molar-refractivity contribution in [3.05, 3.63) is 47.4 Å². The molecule has 1 unspecified atom stereocenters. The maximum atomic E-state index is 12.8. The number of aryl methyl sites for hydroxylation is 1. The van der Waals surface area contributed by atoms with Crippen LogP contribution >= 0.6 is 0 Å². The highest BCUT2D eigenvalue weighted by Gasteiger charge is 2.14. The van der Waals surface area contributed by atoms with Crippen molar-refractivity contribution in [3.8, 4) is 5.88 Å². The number of ether oxygens (including phenoxy) is 1. The van der Waals surface area contributed by atoms with Gasteiger partial charge in [0, 0.05) is 31.9 Å². The largest absolute Gasteiger partial charge is 0.480 e. The van der Waals surface area contributed by atoms with E-state index in [9.17, 15) is 9.18 Å². The second-order valence-electron chi connectivity index (χ2n) is 5.28. The lowest BCUT2D eigenvalue weighted by molar-refractivity contribution is -0.122. The third kappa shape index (κ3) is 4.79. The fourth-order valence-electron chi connectivity index (χ4n) is 2.11. The molecule has 1 aromatic heterocycles. The van der Waals surface area contributed by atoms with Crippen molar-refractivity contribution in [1.29, 1.82) is 0 Å². The summed E-state index contributed by atoms with van der Waals surface area (Å²) in [6, 6.07) is 5.67. The molecule has 2 rings (SSSR count). The highest BCUT2D eigenvalue weighted by Crippen LogP contribution is 2.14. The van der Waals surface area contributed by atoms with Gasteiger partial charge in [0.05, 0.1) is 13.2 Å². The third-order valence-electron chi connectivity index (χ3n) is 3.43. The molecule has 0 saturated heterocycles. The Labute approximate surface area is 134 Å². The molecule has 0 fully saturated rings. The Balaban J connectivity index is 1.81. The first kappa shape index (κ1) is 17.0. The summed E-state index contributed by atoms with van der Waals surface area (Å²) in [7, 11) is 3.37. The van der Waals surface area contributed by atoms with E-state index >= 15 is 0 Å². The van der Waals surface area contributed by atoms with E-state index in [1.54, 1.807) is 30.8 Å². The van der Waals surface area contributed by atoms with Crippen LogP contribution in [0.4, 0.5) is 4.39 Å². The van der Waals surface area contributed by atoms with E-state index in [0.717, 1.165) is 11.1 Å². The van der Waals surface area contributed by atoms with E-state index in [2.05, 4.69) is 15.7 Å². The maximum absolute atomic E-state index is 12.8. The zero-order valence-electron chi connectivity index (χ0n) is 13.5. The topological polar surface area (TPSA) is 68.2 Å². The molecule has 0 spiro atoms. The van der Waals surface area contributed by atoms with Gasteiger partial charge in [0.1, 0.15) is 5.82 Å². The van der Waals surface area contributed by atoms with Gasteiger partial charge in [0.25, 0.3) is 0 Å². The molecule has 7 heteroatoms. The van der Waals surface area contributed by atoms with Crippen molar-refractivity contribution >= 4 is 5.91 Å². The number of hydrogen-bond donors (Lipinski definition) is 2. The average Bonchev–Trinajstić information content (AvgIpc) is 2.91. The molecule has 1 atom stereocenters. The Hall–Kier alpha value is -2.41. The molecule has 124 valence electrons. The van der Waals surface area contributed by atoms with E-state index < -0.39 is 0 Å². The van der Waals surface area contributed by atoms with Gasteiger partial charge in [-0.2, -0.15) is 0 Å². The summed E-state index contributed by atoms with van der Waals surface area (Å²) in [5.74, 6) is 0.122. The molecule has 6 nitrogen and oxygen atoms in total. The number of rotatable bonds is 7. The first-order valence-corrected chi connectivity index (χ1v) is 7.31. The Kier molecular flexibility index (Phi) is 5.70. The zero-order chi connectivity index (χ0) is 16.8. The first-order chi connectivity index (χ1) is 11.0. The van der Waals surface area contributed by atoms with Crippen LogP contribution < -0.4 is 15.4 Å². The molecule has 0 aliphatic heterocycles. The van der Waals surface area contributed by atoms with Crippen molar-refractivity contribution in [2.24, 2.45) is 7.05 Å². The molecule has 1 amide bonds. The number of carbonyl (C=O) groups is 1. The summed E-state index contributed by atoms with van der Waals surface area (Å²) >= 11 is 0. The van der Waals surface area contributed by atoms with E-state index in [-0.39, 0.29) is 17.8 Å². The van der Waals surface area contributed by atoms with Crippen LogP contribution in [0, 0.1) is 5.82 Å². The van der Waals surface area contributed by atoms with Crippen molar-refractivity contribution in [3.63, 3.8) is 0 Å². The molecule has 0 aliphatic rings. The minimum Gasteiger partial charge on any atom is -0.480 e. The molecule has 23 heavy (non-hydrogen) atoms. The summed E-state index contributed by atoms with van der Waals surface area (Å²) in [4.78, 5) is 12.1. The standard InChI is InChI=1S/C16H21FN4O2/c1-11(18-9-13-10-21(2)20-16(13)23-3)15(22)19-8-12-4-6-14(17)7-5-12/h4-7,10-11,18H,8-9H2,1-3H3,(H,19,22). The number of halogens is 1. The van der Waals surface area contributed by atoms with Crippen LogP contribution in [0.1, 0.15) is 18.1 Å². The summed E-state index contributed by atoms with van der Waals surface area (Å²) in [6.07, 6.45) is 1.84. The van der Waals surface area contributed by atoms with Gasteiger partial charge in [-0.05, 0) is 24.6 Å². The lowest BCUT2D eigenvalue weighted by atomic mass is 10.2. The SMILES string of the molecule is COc1nn(C)cc1CNC(C)C(=O)NCc1ccc(F)cc1. The van der Waals surface area contributed by atoms with Crippen LogP contribution in [0.3, 0.4) is 0 Å². The number of benzene rings is 1. The van der Waals surface area contributed by atoms with Crippen LogP contribution in [-0.4, -0.2) is 28.8 Å². The van der Waals surface area contributed by atoms with Crippen molar-refractivity contribution in [1.82, 2.24) is 20.4 Å². The molecule has 0 radical (unpaired) electrons. The van der Waals surface area contributed by atoms with Gasteiger partial charge < -0.3 is 15.4 Å². The highest BCUT2D eigenvalue weighted by atomic mass is 19.1. The number of nitrogens with one attached hydrogen (secondary N) is 2. The average molecular weight is 320 g/mol. The Morgan fingerprint density at radius 1 is 1.35 bits per heavy atom. The number of nitrogens with zero attached hydrogens (tertiary/aromatic N) is 2. The van der Waals surface area contributed by atoms with E-state index in [1.807, 2.05) is 13.2 Å². The minimum atomic E-state index is -0.375. The lowest BCUT2D eigenvalue weighted by Crippen LogP contribution is -2.41. The monoisotopic (exact) mass is 320 g/mol. The second kappa shape index (κ2) is 7.73. The Morgan fingerprint density at radius 2 is 2.04 bits per heavy atom. The summed E-state index contributed by atoms with van der Waals surface area (Å²) in [5, 5.41) is 10.1. The number of aromatic nitrogens is 2. The van der Waals surface area contributed by atoms with Crippen molar-refractivity contribution in [2.45, 2.75) is 26.1 Å². The predicted octanol–water partition coefficient (Wildman–Crippen LogP) is 1.36. The van der Waals surface area contributed by atoms with Crippen LogP contribution in [-0.2, 0) is 24.9 Å². The quantitative estimate of drug-likeness (QED) is 0.808. The van der Waals surface area contributed by atoms with Crippen LogP contribution in [0.25, 0.3) is 0 Å². The van der Waals surface area contributed by atoms with Gasteiger partial charge in [-0.1, -0.05) is 12.1 Å². The number of hydrogen-bond acceptors (Lipinski definition) is 4. The van der Waals surface area contributed by atoms with Gasteiger partial charge in [0.2, 0.25) is 11.8 Å². The normalized spacial score (nSPS) is 12.0. The fraction of sp³-hybridized carbons (Fsp3) is 0.375. The molecular formula is C16H21FN4O2. The van der Waals surface area contributed by atoms with E-state index in [0.29, 0.717) is 19.0 Å². The first-order valence-electron chi connectivity index (χ1n) is 7.31. The molecule has 1 aromatic carbocycles. The van der Waals surface area contributed by atoms with E-state index in [1.165, 1.54) is 12.1 Å². The lowest BCUT2D eigenvalue weighted by Gasteiger charge is -2.14. The zero-order valence-corrected chi connectivity index (χ0v) is 13.5. The Morgan fingerprint density at radius 3 is 2.70 bits per heavy atom. The van der Waals surface area contributed by atoms with Gasteiger partial charge in [-0.25, -0.2) is 4.39 Å². The molecule has 0 aliphatic carbocycles. The minimum absolute atomic E-state index is 0.128. The molecule has 2 aromatic rings. The maximum Gasteiger partial charge on any atom is 0.237 e. The van der Waals surface area contributed by atoms with Crippen molar-refractivity contribution in [2.75, 3.05) is 7.11 Å². The van der Waals surface area contributed by atoms with Gasteiger partial charge in [-0.3, -0.25) is 9.48 Å². The van der Waals surface area contributed by atoms with Crippen LogP contribution in [0.2, 0.25) is 0 Å². The molecule has 0 bridgehead atoms. The van der Waals surface area contributed by atoms with Crippen LogP contribution in [0.15, 0.2) is 30.5 Å². The molecular weight excluding hydrogens is 299 g/mol. The van der Waals surface area contributed by atoms with Gasteiger partial charge >= 0.3 is 0 Å². The highest BCUT2D eigenvalue weighted by molar-refractivity contribution is 5.81. The predicted molar refractivity (Wildman–Crippen MR) is 84.3 cm³/mol. The second-order valence-corrected chi connectivity index (χ2v) is 5.28. The summed E-state index contributed by atoms with van der Waals surface area (Å²) in [5.41, 5.74) is 1.73. The molecule has 1 heterocycles. The smallest absolute Gasteiger partial charge is 0.237 e. The Bertz CT molecular complexity index is 655. The number of methoxy groups -OCH3 is 1. The van der Waals surface area contributed by atoms with Crippen molar-refractivity contribution < 1.29 is 13.9 Å². The summed E-state index contributed by atoms with van der Waals surface area (Å²) in [6.45, 7) is 2.62. The fourth-order valence-corrected chi connectivity index (χ4v) is 2.11. The van der Waals surface area contributed by atoms with E-state index in [4.69, 9.17) is 4.74 Å². The molecule has 2 N–H and O–H groups in total. The van der Waals surface area contributed by atoms with Gasteiger partial charge in [-0.15, -0.1) is 5.10 Å². The summed E-state index contributed by atoms with van der Waals surface area (Å²) < 4.78 is 19.7. The number of amides is 1. The van der Waals surface area contributed by atoms with Crippen LogP contribution in [0.5, 0.6) is 5.88 Å². The third-order valence-corrected chi connectivity index (χ3v) is 3.43. The molecule has 0 saturated carbocycles. The van der Waals surface area contributed by atoms with Gasteiger partial charge in [0.15, 0.2) is 0 Å².